The van der Waals surface area contributed by atoms with Crippen LogP contribution in [0.4, 0.5) is 0 Å². The summed E-state index contributed by atoms with van der Waals surface area (Å²) in [7, 11) is 0. The van der Waals surface area contributed by atoms with Gasteiger partial charge in [-0.2, -0.15) is 0 Å². The molecule has 0 atom stereocenters. The molecule has 0 saturated carbocycles. The van der Waals surface area contributed by atoms with Crippen LogP contribution in [0.5, 0.6) is 0 Å². The van der Waals surface area contributed by atoms with Crippen LogP contribution in [0.2, 0.25) is 0 Å². The summed E-state index contributed by atoms with van der Waals surface area (Å²) in [6, 6.07) is 1.30. The minimum absolute atomic E-state index is 0.210. The van der Waals surface area contributed by atoms with Gasteiger partial charge >= 0.3 is 5.69 Å². The van der Waals surface area contributed by atoms with E-state index in [1.807, 2.05) is 0 Å². The smallest absolute Gasteiger partial charge is 0.324 e. The first-order valence-corrected chi connectivity index (χ1v) is 3.97. The monoisotopic (exact) mass is 183 g/mol. The second kappa shape index (κ2) is 3.18. The zero-order valence-electron chi connectivity index (χ0n) is 7.70. The third kappa shape index (κ3) is 2.55. The van der Waals surface area contributed by atoms with E-state index in [4.69, 9.17) is 5.73 Å². The number of nitrogens with zero attached hydrogens (tertiary/aromatic N) is 1. The number of hydrogen-bond donors (Lipinski definition) is 2. The normalized spacial score (nSPS) is 11.6. The van der Waals surface area contributed by atoms with Crippen molar-refractivity contribution in [1.82, 2.24) is 9.55 Å². The molecule has 0 aliphatic heterocycles. The molecule has 5 heteroatoms. The largest absolute Gasteiger partial charge is 0.328 e. The highest BCUT2D eigenvalue weighted by Gasteiger charge is 2.13. The molecule has 1 aromatic heterocycles. The average Bonchev–Trinajstić information content (AvgIpc) is 1.95. The third-order valence-corrected chi connectivity index (χ3v) is 1.51. The summed E-state index contributed by atoms with van der Waals surface area (Å²) in [5.74, 6) is 0. The predicted octanol–water partition coefficient (Wildman–Crippen LogP) is -0.726. The van der Waals surface area contributed by atoms with E-state index in [1.165, 1.54) is 12.3 Å². The third-order valence-electron chi connectivity index (χ3n) is 1.51. The van der Waals surface area contributed by atoms with Crippen molar-refractivity contribution in [2.45, 2.75) is 25.9 Å². The molecule has 1 heterocycles. The average molecular weight is 183 g/mol. The number of nitrogens with one attached hydrogen (secondary N) is 1. The van der Waals surface area contributed by atoms with Crippen LogP contribution in [0.25, 0.3) is 0 Å². The lowest BCUT2D eigenvalue weighted by Crippen LogP contribution is -2.45. The number of nitrogens with two attached hydrogens (primary N) is 1. The SMILES string of the molecule is CC(C)(N)Cn1c(=O)cc[nH]c1=O. The van der Waals surface area contributed by atoms with E-state index in [1.54, 1.807) is 13.8 Å². The molecule has 0 radical (unpaired) electrons. The zero-order valence-corrected chi connectivity index (χ0v) is 7.70. The molecular formula is C8H13N3O2. The minimum Gasteiger partial charge on any atom is -0.324 e. The maximum Gasteiger partial charge on any atom is 0.328 e. The Morgan fingerprint density at radius 3 is 2.62 bits per heavy atom. The lowest BCUT2D eigenvalue weighted by molar-refractivity contribution is 0.415. The summed E-state index contributed by atoms with van der Waals surface area (Å²) >= 11 is 0. The Morgan fingerprint density at radius 2 is 2.15 bits per heavy atom. The highest BCUT2D eigenvalue weighted by molar-refractivity contribution is 4.85. The molecule has 0 spiro atoms. The first-order chi connectivity index (χ1) is 5.90. The van der Waals surface area contributed by atoms with Gasteiger partial charge in [0.1, 0.15) is 0 Å². The van der Waals surface area contributed by atoms with Gasteiger partial charge in [0.2, 0.25) is 0 Å². The van der Waals surface area contributed by atoms with E-state index in [2.05, 4.69) is 4.98 Å². The van der Waals surface area contributed by atoms with Gasteiger partial charge in [0.15, 0.2) is 0 Å². The van der Waals surface area contributed by atoms with Crippen molar-refractivity contribution >= 4 is 0 Å². The minimum atomic E-state index is -0.571. The Hall–Kier alpha value is -1.36. The number of rotatable bonds is 2. The van der Waals surface area contributed by atoms with Crippen LogP contribution < -0.4 is 17.0 Å². The fourth-order valence-electron chi connectivity index (χ4n) is 1.01. The molecule has 0 unspecified atom stereocenters. The predicted molar refractivity (Wildman–Crippen MR) is 49.6 cm³/mol. The van der Waals surface area contributed by atoms with Gasteiger partial charge in [0, 0.05) is 24.3 Å². The molecule has 1 aromatic rings. The Bertz CT molecular complexity index is 369. The molecule has 0 fully saturated rings. The van der Waals surface area contributed by atoms with Crippen LogP contribution in [0, 0.1) is 0 Å². The number of hydrogen-bond acceptors (Lipinski definition) is 3. The summed E-state index contributed by atoms with van der Waals surface area (Å²) in [5, 5.41) is 0. The van der Waals surface area contributed by atoms with Crippen molar-refractivity contribution in [2.75, 3.05) is 0 Å². The number of aromatic amines is 1. The van der Waals surface area contributed by atoms with Gasteiger partial charge in [-0.15, -0.1) is 0 Å². The van der Waals surface area contributed by atoms with Crippen LogP contribution in [0.15, 0.2) is 21.9 Å². The Morgan fingerprint density at radius 1 is 1.54 bits per heavy atom. The van der Waals surface area contributed by atoms with Crippen LogP contribution in [-0.4, -0.2) is 15.1 Å². The second-order valence-corrected chi connectivity index (χ2v) is 3.70. The summed E-state index contributed by atoms with van der Waals surface area (Å²) in [4.78, 5) is 24.8. The summed E-state index contributed by atoms with van der Waals surface area (Å²) in [6.45, 7) is 3.72. The van der Waals surface area contributed by atoms with E-state index in [-0.39, 0.29) is 12.1 Å². The van der Waals surface area contributed by atoms with Crippen molar-refractivity contribution in [3.05, 3.63) is 33.1 Å². The van der Waals surface area contributed by atoms with Crippen molar-refractivity contribution in [3.8, 4) is 0 Å². The molecule has 1 rings (SSSR count). The Kier molecular flexibility index (Phi) is 2.38. The fourth-order valence-corrected chi connectivity index (χ4v) is 1.01. The fraction of sp³-hybridized carbons (Fsp3) is 0.500. The first kappa shape index (κ1) is 9.73. The van der Waals surface area contributed by atoms with Crippen molar-refractivity contribution in [3.63, 3.8) is 0 Å². The van der Waals surface area contributed by atoms with Gasteiger partial charge in [0.05, 0.1) is 0 Å². The summed E-state index contributed by atoms with van der Waals surface area (Å²) in [5.41, 5.74) is 4.37. The van der Waals surface area contributed by atoms with Gasteiger partial charge < -0.3 is 10.7 Å². The highest BCUT2D eigenvalue weighted by Crippen LogP contribution is 1.96. The standard InChI is InChI=1S/C8H13N3O2/c1-8(2,9)5-11-6(12)3-4-10-7(11)13/h3-4H,5,9H2,1-2H3,(H,10,13). The Balaban J connectivity index is 3.16. The maximum atomic E-state index is 11.2. The number of aromatic nitrogens is 2. The van der Waals surface area contributed by atoms with E-state index in [9.17, 15) is 9.59 Å². The van der Waals surface area contributed by atoms with Gasteiger partial charge in [0.25, 0.3) is 5.56 Å². The molecule has 0 aromatic carbocycles. The zero-order chi connectivity index (χ0) is 10.1. The molecule has 5 nitrogen and oxygen atoms in total. The van der Waals surface area contributed by atoms with Crippen LogP contribution in [0.3, 0.4) is 0 Å². The summed E-state index contributed by atoms with van der Waals surface area (Å²) in [6.07, 6.45) is 1.32. The van der Waals surface area contributed by atoms with E-state index in [0.29, 0.717) is 0 Å². The van der Waals surface area contributed by atoms with Gasteiger partial charge in [-0.1, -0.05) is 0 Å². The first-order valence-electron chi connectivity index (χ1n) is 3.97. The molecule has 72 valence electrons. The summed E-state index contributed by atoms with van der Waals surface area (Å²) < 4.78 is 1.08. The van der Waals surface area contributed by atoms with Crippen molar-refractivity contribution in [2.24, 2.45) is 5.73 Å². The van der Waals surface area contributed by atoms with E-state index in [0.717, 1.165) is 4.57 Å². The second-order valence-electron chi connectivity index (χ2n) is 3.70. The maximum absolute atomic E-state index is 11.2. The van der Waals surface area contributed by atoms with E-state index >= 15 is 0 Å². The van der Waals surface area contributed by atoms with Crippen molar-refractivity contribution in [1.29, 1.82) is 0 Å². The topological polar surface area (TPSA) is 80.9 Å². The molecule has 0 aliphatic carbocycles. The van der Waals surface area contributed by atoms with E-state index < -0.39 is 11.2 Å². The molecular weight excluding hydrogens is 170 g/mol. The van der Waals surface area contributed by atoms with Gasteiger partial charge in [-0.05, 0) is 13.8 Å². The molecule has 0 saturated heterocycles. The Labute approximate surface area is 75.2 Å². The quantitative estimate of drug-likeness (QED) is 0.634. The van der Waals surface area contributed by atoms with Gasteiger partial charge in [-0.3, -0.25) is 9.36 Å². The van der Waals surface area contributed by atoms with Gasteiger partial charge in [-0.25, -0.2) is 4.79 Å². The highest BCUT2D eigenvalue weighted by atomic mass is 16.2. The lowest BCUT2D eigenvalue weighted by atomic mass is 10.1. The van der Waals surface area contributed by atoms with Crippen molar-refractivity contribution < 1.29 is 0 Å². The molecule has 0 aliphatic rings. The number of H-pyrrole nitrogens is 1. The van der Waals surface area contributed by atoms with Crippen LogP contribution in [0.1, 0.15) is 13.8 Å². The van der Waals surface area contributed by atoms with Crippen LogP contribution in [-0.2, 0) is 6.54 Å². The molecule has 3 N–H and O–H groups in total. The molecule has 0 amide bonds. The molecule has 13 heavy (non-hydrogen) atoms. The van der Waals surface area contributed by atoms with Crippen LogP contribution >= 0.6 is 0 Å². The molecule has 0 bridgehead atoms. The lowest BCUT2D eigenvalue weighted by Gasteiger charge is -2.18.